The number of hydrogen-bond acceptors (Lipinski definition) is 4. The van der Waals surface area contributed by atoms with Crippen LogP contribution in [0.15, 0.2) is 10.8 Å². The second-order valence-corrected chi connectivity index (χ2v) is 4.43. The van der Waals surface area contributed by atoms with Crippen LogP contribution in [0.4, 0.5) is 0 Å². The third-order valence-corrected chi connectivity index (χ3v) is 3.50. The van der Waals surface area contributed by atoms with E-state index in [1.54, 1.807) is 13.3 Å². The fourth-order valence-electron chi connectivity index (χ4n) is 1.71. The van der Waals surface area contributed by atoms with E-state index in [0.717, 1.165) is 49.7 Å². The minimum Gasteiger partial charge on any atom is -0.492 e. The van der Waals surface area contributed by atoms with Gasteiger partial charge in [-0.1, -0.05) is 0 Å². The summed E-state index contributed by atoms with van der Waals surface area (Å²) in [6, 6.07) is 0. The smallest absolute Gasteiger partial charge is 0.171 e. The molecule has 0 amide bonds. The molecule has 1 fully saturated rings. The van der Waals surface area contributed by atoms with Gasteiger partial charge in [0.15, 0.2) is 5.75 Å². The number of ether oxygens (including phenoxy) is 2. The van der Waals surface area contributed by atoms with Crippen LogP contribution in [0.5, 0.6) is 5.75 Å². The molecule has 0 saturated carbocycles. The lowest BCUT2D eigenvalue weighted by atomic mass is 10.4. The van der Waals surface area contributed by atoms with Gasteiger partial charge in [-0.3, -0.25) is 9.58 Å². The largest absolute Gasteiger partial charge is 0.492 e. The maximum Gasteiger partial charge on any atom is 0.171 e. The van der Waals surface area contributed by atoms with Gasteiger partial charge in [-0.25, -0.2) is 0 Å². The number of rotatable bonds is 4. The molecule has 1 aliphatic heterocycles. The van der Waals surface area contributed by atoms with Gasteiger partial charge >= 0.3 is 0 Å². The lowest BCUT2D eigenvalue weighted by Gasteiger charge is -2.26. The minimum atomic E-state index is 0.780. The first kappa shape index (κ1) is 11.9. The second kappa shape index (κ2) is 5.65. The van der Waals surface area contributed by atoms with Crippen molar-refractivity contribution in [3.8, 4) is 5.75 Å². The zero-order chi connectivity index (χ0) is 11.4. The minimum absolute atomic E-state index is 0.780. The number of nitrogens with zero attached hydrogens (tertiary/aromatic N) is 3. The number of aromatic nitrogens is 2. The first-order chi connectivity index (χ1) is 7.81. The summed E-state index contributed by atoms with van der Waals surface area (Å²) in [7, 11) is 1.65. The third kappa shape index (κ3) is 2.75. The van der Waals surface area contributed by atoms with Crippen molar-refractivity contribution in [3.63, 3.8) is 0 Å². The van der Waals surface area contributed by atoms with Crippen LogP contribution in [-0.4, -0.2) is 54.6 Å². The van der Waals surface area contributed by atoms with E-state index >= 15 is 0 Å². The van der Waals surface area contributed by atoms with Gasteiger partial charge in [0.05, 0.1) is 33.1 Å². The van der Waals surface area contributed by atoms with E-state index in [1.165, 1.54) is 0 Å². The van der Waals surface area contributed by atoms with Crippen LogP contribution in [0.1, 0.15) is 0 Å². The Morgan fingerprint density at radius 3 is 2.81 bits per heavy atom. The Kier molecular flexibility index (Phi) is 4.20. The van der Waals surface area contributed by atoms with Crippen LogP contribution < -0.4 is 4.74 Å². The Hall–Kier alpha value is -0.590. The molecule has 0 unspecified atom stereocenters. The van der Waals surface area contributed by atoms with E-state index in [9.17, 15) is 0 Å². The molecule has 0 N–H and O–H groups in total. The van der Waals surface area contributed by atoms with Gasteiger partial charge in [0.25, 0.3) is 0 Å². The van der Waals surface area contributed by atoms with Crippen molar-refractivity contribution in [1.82, 2.24) is 14.7 Å². The summed E-state index contributed by atoms with van der Waals surface area (Å²) in [5.74, 6) is 0.780. The highest BCUT2D eigenvalue weighted by Crippen LogP contribution is 2.23. The van der Waals surface area contributed by atoms with Crippen molar-refractivity contribution in [1.29, 1.82) is 0 Å². The van der Waals surface area contributed by atoms with Crippen molar-refractivity contribution in [2.24, 2.45) is 0 Å². The van der Waals surface area contributed by atoms with E-state index in [0.29, 0.717) is 0 Å². The van der Waals surface area contributed by atoms with Crippen molar-refractivity contribution < 1.29 is 9.47 Å². The van der Waals surface area contributed by atoms with Gasteiger partial charge in [-0.2, -0.15) is 5.10 Å². The molecule has 5 nitrogen and oxygen atoms in total. The molecule has 0 aliphatic carbocycles. The van der Waals surface area contributed by atoms with Crippen molar-refractivity contribution in [2.75, 3.05) is 40.0 Å². The quantitative estimate of drug-likeness (QED) is 0.829. The van der Waals surface area contributed by atoms with Crippen LogP contribution >= 0.6 is 15.9 Å². The number of methoxy groups -OCH3 is 1. The molecule has 0 radical (unpaired) electrons. The second-order valence-electron chi connectivity index (χ2n) is 3.68. The van der Waals surface area contributed by atoms with E-state index in [2.05, 4.69) is 25.9 Å². The van der Waals surface area contributed by atoms with Crippen LogP contribution in [0, 0.1) is 0 Å². The summed E-state index contributed by atoms with van der Waals surface area (Å²) < 4.78 is 13.3. The van der Waals surface area contributed by atoms with Gasteiger partial charge in [-0.05, 0) is 15.9 Å². The van der Waals surface area contributed by atoms with Gasteiger partial charge in [0.2, 0.25) is 0 Å². The summed E-state index contributed by atoms with van der Waals surface area (Å²) in [5, 5.41) is 4.26. The molecule has 1 aromatic rings. The highest BCUT2D eigenvalue weighted by molar-refractivity contribution is 9.10. The average molecular weight is 290 g/mol. The van der Waals surface area contributed by atoms with Gasteiger partial charge in [0, 0.05) is 19.6 Å². The van der Waals surface area contributed by atoms with Crippen LogP contribution in [0.3, 0.4) is 0 Å². The molecule has 1 aliphatic rings. The zero-order valence-electron chi connectivity index (χ0n) is 9.36. The Morgan fingerprint density at radius 1 is 1.44 bits per heavy atom. The Labute approximate surface area is 103 Å². The topological polar surface area (TPSA) is 39.5 Å². The number of halogens is 1. The summed E-state index contributed by atoms with van der Waals surface area (Å²) in [6.45, 7) is 5.55. The number of hydrogen-bond donors (Lipinski definition) is 0. The predicted octanol–water partition coefficient (Wildman–Crippen LogP) is 0.986. The SMILES string of the molecule is COc1cnn(CCN2CCOCC2)c1Br. The van der Waals surface area contributed by atoms with E-state index in [-0.39, 0.29) is 0 Å². The van der Waals surface area contributed by atoms with E-state index in [1.807, 2.05) is 4.68 Å². The Balaban J connectivity index is 1.86. The van der Waals surface area contributed by atoms with E-state index < -0.39 is 0 Å². The molecule has 16 heavy (non-hydrogen) atoms. The van der Waals surface area contributed by atoms with Crippen LogP contribution in [0.2, 0.25) is 0 Å². The first-order valence-corrected chi connectivity index (χ1v) is 6.16. The molecule has 0 atom stereocenters. The monoisotopic (exact) mass is 289 g/mol. The Bertz CT molecular complexity index is 337. The Morgan fingerprint density at radius 2 is 2.19 bits per heavy atom. The molecule has 90 valence electrons. The lowest BCUT2D eigenvalue weighted by molar-refractivity contribution is 0.0359. The van der Waals surface area contributed by atoms with Gasteiger partial charge in [-0.15, -0.1) is 0 Å². The highest BCUT2D eigenvalue weighted by Gasteiger charge is 2.12. The average Bonchev–Trinajstić information content (AvgIpc) is 2.69. The third-order valence-electron chi connectivity index (χ3n) is 2.70. The molecule has 0 aromatic carbocycles. The predicted molar refractivity (Wildman–Crippen MR) is 63.7 cm³/mol. The summed E-state index contributed by atoms with van der Waals surface area (Å²) >= 11 is 3.47. The molecule has 0 spiro atoms. The van der Waals surface area contributed by atoms with Crippen LogP contribution in [0.25, 0.3) is 0 Å². The normalized spacial score (nSPS) is 17.6. The lowest BCUT2D eigenvalue weighted by Crippen LogP contribution is -2.38. The molecular weight excluding hydrogens is 274 g/mol. The fraction of sp³-hybridized carbons (Fsp3) is 0.700. The van der Waals surface area contributed by atoms with Crippen molar-refractivity contribution >= 4 is 15.9 Å². The van der Waals surface area contributed by atoms with Crippen LogP contribution in [-0.2, 0) is 11.3 Å². The summed E-state index contributed by atoms with van der Waals surface area (Å²) in [6.07, 6.45) is 1.73. The maximum atomic E-state index is 5.30. The number of morpholine rings is 1. The molecule has 2 heterocycles. The standard InChI is InChI=1S/C10H16BrN3O2/c1-15-9-8-12-14(10(9)11)3-2-13-4-6-16-7-5-13/h8H,2-7H2,1H3. The first-order valence-electron chi connectivity index (χ1n) is 5.36. The summed E-state index contributed by atoms with van der Waals surface area (Å²) in [4.78, 5) is 2.38. The van der Waals surface area contributed by atoms with Crippen molar-refractivity contribution in [2.45, 2.75) is 6.54 Å². The molecule has 1 aromatic heterocycles. The summed E-state index contributed by atoms with van der Waals surface area (Å²) in [5.41, 5.74) is 0. The van der Waals surface area contributed by atoms with E-state index in [4.69, 9.17) is 9.47 Å². The molecule has 2 rings (SSSR count). The molecule has 0 bridgehead atoms. The van der Waals surface area contributed by atoms with Crippen molar-refractivity contribution in [3.05, 3.63) is 10.8 Å². The molecule has 1 saturated heterocycles. The van der Waals surface area contributed by atoms with Gasteiger partial charge < -0.3 is 9.47 Å². The van der Waals surface area contributed by atoms with Gasteiger partial charge in [0.1, 0.15) is 4.60 Å². The zero-order valence-corrected chi connectivity index (χ0v) is 10.9. The molecule has 6 heteroatoms. The fourth-order valence-corrected chi connectivity index (χ4v) is 2.24. The maximum absolute atomic E-state index is 5.30. The highest BCUT2D eigenvalue weighted by atomic mass is 79.9. The molecular formula is C10H16BrN3O2.